The van der Waals surface area contributed by atoms with E-state index in [9.17, 15) is 14.7 Å². The van der Waals surface area contributed by atoms with Crippen molar-refractivity contribution >= 4 is 11.9 Å². The van der Waals surface area contributed by atoms with E-state index in [0.29, 0.717) is 0 Å². The number of carbonyl (C=O) groups is 2. The molecule has 0 aromatic heterocycles. The number of piperidine rings is 1. The molecule has 2 N–H and O–H groups in total. The van der Waals surface area contributed by atoms with Crippen LogP contribution in [-0.2, 0) is 16.1 Å². The predicted molar refractivity (Wildman–Crippen MR) is 93.5 cm³/mol. The predicted octanol–water partition coefficient (Wildman–Crippen LogP) is 2.51. The zero-order valence-electron chi connectivity index (χ0n) is 14.6. The molecular weight excluding hydrogens is 304 g/mol. The van der Waals surface area contributed by atoms with E-state index in [1.54, 1.807) is 0 Å². The second kappa shape index (κ2) is 8.83. The molecule has 0 aliphatic carbocycles. The fourth-order valence-electron chi connectivity index (χ4n) is 3.15. The maximum Gasteiger partial charge on any atom is 0.326 e. The van der Waals surface area contributed by atoms with Gasteiger partial charge >= 0.3 is 5.97 Å². The zero-order chi connectivity index (χ0) is 17.5. The van der Waals surface area contributed by atoms with Gasteiger partial charge in [-0.1, -0.05) is 50.6 Å². The van der Waals surface area contributed by atoms with Crippen LogP contribution in [0.2, 0.25) is 0 Å². The molecule has 0 unspecified atom stereocenters. The van der Waals surface area contributed by atoms with Gasteiger partial charge < -0.3 is 10.4 Å². The molecule has 1 fully saturated rings. The Balaban J connectivity index is 1.82. The number of hydrogen-bond acceptors (Lipinski definition) is 3. The van der Waals surface area contributed by atoms with Gasteiger partial charge in [0.25, 0.3) is 0 Å². The molecule has 1 aromatic carbocycles. The fourth-order valence-corrected chi connectivity index (χ4v) is 3.15. The third-order valence-corrected chi connectivity index (χ3v) is 4.98. The average Bonchev–Trinajstić information content (AvgIpc) is 2.60. The van der Waals surface area contributed by atoms with Gasteiger partial charge in [0.15, 0.2) is 0 Å². The lowest BCUT2D eigenvalue weighted by Gasteiger charge is -2.32. The van der Waals surface area contributed by atoms with Gasteiger partial charge in [-0.25, -0.2) is 4.79 Å². The van der Waals surface area contributed by atoms with E-state index in [0.717, 1.165) is 38.9 Å². The minimum atomic E-state index is -0.945. The van der Waals surface area contributed by atoms with E-state index in [-0.39, 0.29) is 17.7 Å². The number of aliphatic carboxylic acids is 1. The summed E-state index contributed by atoms with van der Waals surface area (Å²) in [6.45, 7) is 6.44. The van der Waals surface area contributed by atoms with Gasteiger partial charge in [-0.05, 0) is 37.4 Å². The molecule has 24 heavy (non-hydrogen) atoms. The number of amides is 1. The third kappa shape index (κ3) is 5.06. The Morgan fingerprint density at radius 1 is 1.25 bits per heavy atom. The van der Waals surface area contributed by atoms with Crippen molar-refractivity contribution in [2.45, 2.75) is 45.7 Å². The quantitative estimate of drug-likeness (QED) is 0.805. The number of carbonyl (C=O) groups excluding carboxylic acids is 1. The van der Waals surface area contributed by atoms with Crippen LogP contribution in [0.1, 0.15) is 38.7 Å². The molecule has 1 aromatic rings. The Hall–Kier alpha value is -1.88. The van der Waals surface area contributed by atoms with Gasteiger partial charge in [0.2, 0.25) is 5.91 Å². The number of likely N-dealkylation sites (tertiary alicyclic amines) is 1. The molecular formula is C19H28N2O3. The monoisotopic (exact) mass is 332 g/mol. The molecule has 2 atom stereocenters. The van der Waals surface area contributed by atoms with Gasteiger partial charge in [-0.2, -0.15) is 0 Å². The van der Waals surface area contributed by atoms with E-state index in [1.165, 1.54) is 5.56 Å². The van der Waals surface area contributed by atoms with Crippen molar-refractivity contribution in [3.8, 4) is 0 Å². The lowest BCUT2D eigenvalue weighted by atomic mass is 9.93. The molecule has 1 aliphatic heterocycles. The summed E-state index contributed by atoms with van der Waals surface area (Å²) >= 11 is 0. The molecule has 5 heteroatoms. The molecule has 132 valence electrons. The number of benzene rings is 1. The van der Waals surface area contributed by atoms with Crippen molar-refractivity contribution in [3.05, 3.63) is 35.9 Å². The summed E-state index contributed by atoms with van der Waals surface area (Å²) in [5.74, 6) is -1.20. The van der Waals surface area contributed by atoms with Crippen molar-refractivity contribution in [2.24, 2.45) is 11.8 Å². The first-order valence-electron chi connectivity index (χ1n) is 8.80. The average molecular weight is 332 g/mol. The summed E-state index contributed by atoms with van der Waals surface area (Å²) in [6.07, 6.45) is 2.30. The van der Waals surface area contributed by atoms with Crippen LogP contribution in [0.25, 0.3) is 0 Å². The first kappa shape index (κ1) is 18.5. The number of carboxylic acid groups (broad SMARTS) is 1. The largest absolute Gasteiger partial charge is 0.480 e. The normalized spacial score (nSPS) is 18.8. The minimum absolute atomic E-state index is 0.0652. The summed E-state index contributed by atoms with van der Waals surface area (Å²) in [6, 6.07) is 9.53. The second-order valence-corrected chi connectivity index (χ2v) is 6.75. The van der Waals surface area contributed by atoms with Crippen molar-refractivity contribution in [2.75, 3.05) is 13.1 Å². The van der Waals surface area contributed by atoms with Crippen molar-refractivity contribution < 1.29 is 14.7 Å². The van der Waals surface area contributed by atoms with Crippen LogP contribution in [-0.4, -0.2) is 41.0 Å². The molecule has 0 spiro atoms. The topological polar surface area (TPSA) is 69.6 Å². The van der Waals surface area contributed by atoms with Crippen LogP contribution in [0.5, 0.6) is 0 Å². The smallest absolute Gasteiger partial charge is 0.326 e. The summed E-state index contributed by atoms with van der Waals surface area (Å²) in [5.41, 5.74) is 1.28. The van der Waals surface area contributed by atoms with E-state index in [4.69, 9.17) is 0 Å². The number of hydrogen-bond donors (Lipinski definition) is 2. The maximum absolute atomic E-state index is 12.4. The fraction of sp³-hybridized carbons (Fsp3) is 0.579. The summed E-state index contributed by atoms with van der Waals surface area (Å²) < 4.78 is 0. The number of nitrogens with zero attached hydrogens (tertiary/aromatic N) is 1. The zero-order valence-corrected chi connectivity index (χ0v) is 14.6. The Morgan fingerprint density at radius 3 is 2.42 bits per heavy atom. The van der Waals surface area contributed by atoms with E-state index in [1.807, 2.05) is 32.0 Å². The van der Waals surface area contributed by atoms with Crippen LogP contribution in [0.4, 0.5) is 0 Å². The SMILES string of the molecule is CC[C@H](C)[C@H](NC(=O)C1CCN(Cc2ccccc2)CC1)C(=O)O. The number of nitrogens with one attached hydrogen (secondary N) is 1. The maximum atomic E-state index is 12.4. The van der Waals surface area contributed by atoms with Crippen molar-refractivity contribution in [3.63, 3.8) is 0 Å². The van der Waals surface area contributed by atoms with Crippen LogP contribution >= 0.6 is 0 Å². The lowest BCUT2D eigenvalue weighted by Crippen LogP contribution is -2.49. The van der Waals surface area contributed by atoms with E-state index < -0.39 is 12.0 Å². The molecule has 5 nitrogen and oxygen atoms in total. The molecule has 1 saturated heterocycles. The summed E-state index contributed by atoms with van der Waals surface area (Å²) in [4.78, 5) is 26.1. The Labute approximate surface area is 144 Å². The van der Waals surface area contributed by atoms with Gasteiger partial charge in [0.1, 0.15) is 6.04 Å². The molecule has 0 saturated carbocycles. The molecule has 0 bridgehead atoms. The Morgan fingerprint density at radius 2 is 1.88 bits per heavy atom. The highest BCUT2D eigenvalue weighted by molar-refractivity contribution is 5.85. The Kier molecular flexibility index (Phi) is 6.79. The molecule has 0 radical (unpaired) electrons. The number of rotatable bonds is 7. The molecule has 1 amide bonds. The van der Waals surface area contributed by atoms with Gasteiger partial charge in [-0.3, -0.25) is 9.69 Å². The van der Waals surface area contributed by atoms with Crippen LogP contribution in [0.15, 0.2) is 30.3 Å². The molecule has 2 rings (SSSR count). The third-order valence-electron chi connectivity index (χ3n) is 4.98. The Bertz CT molecular complexity index is 539. The van der Waals surface area contributed by atoms with Crippen LogP contribution in [0, 0.1) is 11.8 Å². The van der Waals surface area contributed by atoms with Crippen LogP contribution in [0.3, 0.4) is 0 Å². The van der Waals surface area contributed by atoms with Gasteiger partial charge in [0, 0.05) is 12.5 Å². The summed E-state index contributed by atoms with van der Waals surface area (Å²) in [7, 11) is 0. The summed E-state index contributed by atoms with van der Waals surface area (Å²) in [5, 5.41) is 12.0. The standard InChI is InChI=1S/C19H28N2O3/c1-3-14(2)17(19(23)24)20-18(22)16-9-11-21(12-10-16)13-15-7-5-4-6-8-15/h4-8,14,16-17H,3,9-13H2,1-2H3,(H,20,22)(H,23,24)/t14-,17-/m0/s1. The lowest BCUT2D eigenvalue weighted by molar-refractivity contribution is -0.144. The first-order valence-corrected chi connectivity index (χ1v) is 8.80. The van der Waals surface area contributed by atoms with Crippen molar-refractivity contribution in [1.29, 1.82) is 0 Å². The molecule has 1 aliphatic rings. The van der Waals surface area contributed by atoms with Crippen LogP contribution < -0.4 is 5.32 Å². The van der Waals surface area contributed by atoms with E-state index in [2.05, 4.69) is 22.3 Å². The first-order chi connectivity index (χ1) is 11.5. The highest BCUT2D eigenvalue weighted by atomic mass is 16.4. The van der Waals surface area contributed by atoms with Gasteiger partial charge in [0.05, 0.1) is 0 Å². The minimum Gasteiger partial charge on any atom is -0.480 e. The van der Waals surface area contributed by atoms with Crippen molar-refractivity contribution in [1.82, 2.24) is 10.2 Å². The number of carboxylic acids is 1. The van der Waals surface area contributed by atoms with Gasteiger partial charge in [-0.15, -0.1) is 0 Å². The molecule has 1 heterocycles. The van der Waals surface area contributed by atoms with E-state index >= 15 is 0 Å². The second-order valence-electron chi connectivity index (χ2n) is 6.75. The highest BCUT2D eigenvalue weighted by Gasteiger charge is 2.30. The highest BCUT2D eigenvalue weighted by Crippen LogP contribution is 2.20.